The number of hydrogen-bond donors (Lipinski definition) is 0. The minimum Gasteiger partial charge on any atom is -0.206 e. The van der Waals surface area contributed by atoms with Gasteiger partial charge in [0.2, 0.25) is 0 Å². The third-order valence-electron chi connectivity index (χ3n) is 6.91. The Morgan fingerprint density at radius 1 is 1.00 bits per heavy atom. The minimum atomic E-state index is -0.309. The molecule has 2 aliphatic rings. The lowest BCUT2D eigenvalue weighted by Crippen LogP contribution is -2.22. The van der Waals surface area contributed by atoms with Crippen LogP contribution in [0, 0.1) is 17.7 Å². The van der Waals surface area contributed by atoms with Crippen LogP contribution in [0.2, 0.25) is 18.1 Å². The average molecular weight is 426 g/mol. The summed E-state index contributed by atoms with van der Waals surface area (Å²) in [6.45, 7) is 2.36. The quantitative estimate of drug-likeness (QED) is 0.410. The van der Waals surface area contributed by atoms with E-state index < -0.39 is 0 Å². The first-order valence-electron chi connectivity index (χ1n) is 10.6. The summed E-state index contributed by atoms with van der Waals surface area (Å²) in [5.41, 5.74) is 1.21. The largest absolute Gasteiger partial charge is 0.206 e. The van der Waals surface area contributed by atoms with Crippen molar-refractivity contribution in [3.8, 4) is 0 Å². The van der Waals surface area contributed by atoms with Crippen LogP contribution in [-0.4, -0.2) is 8.80 Å². The predicted molar refractivity (Wildman–Crippen MR) is 113 cm³/mol. The van der Waals surface area contributed by atoms with Crippen molar-refractivity contribution in [2.24, 2.45) is 11.8 Å². The number of rotatable bonds is 6. The van der Waals surface area contributed by atoms with Crippen LogP contribution in [0.15, 0.2) is 22.7 Å². The van der Waals surface area contributed by atoms with Crippen LogP contribution in [0.3, 0.4) is 0 Å². The number of hydrogen-bond acceptors (Lipinski definition) is 0. The molecule has 1 aromatic carbocycles. The Labute approximate surface area is 163 Å². The van der Waals surface area contributed by atoms with E-state index in [1.807, 2.05) is 6.07 Å². The zero-order valence-electron chi connectivity index (χ0n) is 15.8. The molecule has 0 unspecified atom stereocenters. The van der Waals surface area contributed by atoms with Crippen LogP contribution >= 0.6 is 15.9 Å². The van der Waals surface area contributed by atoms with Gasteiger partial charge in [0, 0.05) is 8.80 Å². The fourth-order valence-electron chi connectivity index (χ4n) is 5.24. The van der Waals surface area contributed by atoms with Crippen molar-refractivity contribution in [2.45, 2.75) is 88.8 Å². The first kappa shape index (κ1) is 19.6. The second-order valence-corrected chi connectivity index (χ2v) is 13.0. The summed E-state index contributed by atoms with van der Waals surface area (Å²) in [5.74, 6) is 2.44. The summed E-state index contributed by atoms with van der Waals surface area (Å²) in [4.78, 5) is 0. The van der Waals surface area contributed by atoms with E-state index in [2.05, 4.69) is 28.9 Å². The Balaban J connectivity index is 1.37. The molecule has 1 saturated heterocycles. The van der Waals surface area contributed by atoms with Gasteiger partial charge in [0.1, 0.15) is 5.82 Å². The molecule has 0 atom stereocenters. The molecule has 140 valence electrons. The lowest BCUT2D eigenvalue weighted by Gasteiger charge is -2.32. The minimum absolute atomic E-state index is 0.109. The Morgan fingerprint density at radius 2 is 1.64 bits per heavy atom. The van der Waals surface area contributed by atoms with Crippen molar-refractivity contribution in [3.63, 3.8) is 0 Å². The van der Waals surface area contributed by atoms with Gasteiger partial charge >= 0.3 is 0 Å². The molecule has 1 aliphatic heterocycles. The highest BCUT2D eigenvalue weighted by atomic mass is 79.9. The van der Waals surface area contributed by atoms with E-state index in [0.717, 1.165) is 11.8 Å². The second kappa shape index (κ2) is 9.69. The van der Waals surface area contributed by atoms with Crippen molar-refractivity contribution in [2.75, 3.05) is 0 Å². The van der Waals surface area contributed by atoms with Gasteiger partial charge in [0.15, 0.2) is 0 Å². The molecule has 25 heavy (non-hydrogen) atoms. The van der Waals surface area contributed by atoms with Crippen molar-refractivity contribution in [1.29, 1.82) is 0 Å². The van der Waals surface area contributed by atoms with Gasteiger partial charge in [-0.05, 0) is 77.1 Å². The summed E-state index contributed by atoms with van der Waals surface area (Å²) in [5, 5.41) is 0. The van der Waals surface area contributed by atoms with Gasteiger partial charge in [-0.3, -0.25) is 0 Å². The molecule has 1 heterocycles. The SMILES string of the molecule is CCC[SiH]1CCC(CCC2CCC(c3ccc(Br)c(F)c3)CC2)CC1. The van der Waals surface area contributed by atoms with Gasteiger partial charge in [-0.1, -0.05) is 63.2 Å². The highest BCUT2D eigenvalue weighted by molar-refractivity contribution is 9.10. The molecule has 1 saturated carbocycles. The average Bonchev–Trinajstić information content (AvgIpc) is 2.64. The smallest absolute Gasteiger partial charge is 0.137 e. The van der Waals surface area contributed by atoms with Crippen LogP contribution in [0.4, 0.5) is 4.39 Å². The second-order valence-electron chi connectivity index (χ2n) is 8.64. The fraction of sp³-hybridized carbons (Fsp3) is 0.727. The maximum absolute atomic E-state index is 13.8. The topological polar surface area (TPSA) is 0 Å². The molecule has 0 amide bonds. The molecule has 1 aromatic rings. The Hall–Kier alpha value is -0.153. The molecule has 1 aliphatic carbocycles. The van der Waals surface area contributed by atoms with Crippen LogP contribution in [0.5, 0.6) is 0 Å². The molecule has 0 nitrogen and oxygen atoms in total. The maximum atomic E-state index is 13.8. The van der Waals surface area contributed by atoms with E-state index in [1.54, 1.807) is 37.0 Å². The molecule has 0 spiro atoms. The van der Waals surface area contributed by atoms with E-state index in [0.29, 0.717) is 10.4 Å². The highest BCUT2D eigenvalue weighted by Crippen LogP contribution is 2.40. The standard InChI is InChI=1S/C22H34BrFSi/c1-2-13-25-14-11-18(12-15-25)4-3-17-5-7-19(8-6-17)20-9-10-21(23)22(24)16-20/h9-10,16-19,25H,2-8,11-15H2,1H3. The number of benzene rings is 1. The molecule has 3 rings (SSSR count). The van der Waals surface area contributed by atoms with E-state index in [-0.39, 0.29) is 14.6 Å². The molecule has 0 aromatic heterocycles. The van der Waals surface area contributed by atoms with Crippen LogP contribution in [0.25, 0.3) is 0 Å². The van der Waals surface area contributed by atoms with E-state index in [4.69, 9.17) is 0 Å². The Kier molecular flexibility index (Phi) is 7.60. The maximum Gasteiger partial charge on any atom is 0.137 e. The summed E-state index contributed by atoms with van der Waals surface area (Å²) in [6, 6.07) is 10.6. The molecule has 3 heteroatoms. The zero-order chi connectivity index (χ0) is 17.6. The highest BCUT2D eigenvalue weighted by Gasteiger charge is 2.25. The molecular weight excluding hydrogens is 391 g/mol. The summed E-state index contributed by atoms with van der Waals surface area (Å²) < 4.78 is 14.4. The summed E-state index contributed by atoms with van der Waals surface area (Å²) in [6.07, 6.45) is 12.7. The van der Waals surface area contributed by atoms with Crippen LogP contribution < -0.4 is 0 Å². The lowest BCUT2D eigenvalue weighted by atomic mass is 9.76. The van der Waals surface area contributed by atoms with Crippen molar-refractivity contribution >= 4 is 24.7 Å². The van der Waals surface area contributed by atoms with Gasteiger partial charge in [0.25, 0.3) is 0 Å². The van der Waals surface area contributed by atoms with Crippen molar-refractivity contribution in [1.82, 2.24) is 0 Å². The third kappa shape index (κ3) is 5.66. The number of halogens is 2. The van der Waals surface area contributed by atoms with Gasteiger partial charge < -0.3 is 0 Å². The van der Waals surface area contributed by atoms with Gasteiger partial charge in [0.05, 0.1) is 4.47 Å². The molecule has 0 bridgehead atoms. The summed E-state index contributed by atoms with van der Waals surface area (Å²) in [7, 11) is -0.309. The molecular formula is C22H34BrFSi. The van der Waals surface area contributed by atoms with E-state index >= 15 is 0 Å². The molecule has 0 N–H and O–H groups in total. The molecule has 0 radical (unpaired) electrons. The monoisotopic (exact) mass is 424 g/mol. The lowest BCUT2D eigenvalue weighted by molar-refractivity contribution is 0.280. The first-order chi connectivity index (χ1) is 12.2. The van der Waals surface area contributed by atoms with E-state index in [9.17, 15) is 4.39 Å². The van der Waals surface area contributed by atoms with E-state index in [1.165, 1.54) is 50.5 Å². The molecule has 2 fully saturated rings. The normalized spacial score (nSPS) is 30.4. The van der Waals surface area contributed by atoms with Crippen LogP contribution in [-0.2, 0) is 0 Å². The Morgan fingerprint density at radius 3 is 2.24 bits per heavy atom. The van der Waals surface area contributed by atoms with Crippen molar-refractivity contribution in [3.05, 3.63) is 34.1 Å². The first-order valence-corrected chi connectivity index (χ1v) is 13.8. The zero-order valence-corrected chi connectivity index (χ0v) is 18.5. The predicted octanol–water partition coefficient (Wildman–Crippen LogP) is 7.69. The third-order valence-corrected chi connectivity index (χ3v) is 11.2. The fourth-order valence-corrected chi connectivity index (χ4v) is 9.05. The van der Waals surface area contributed by atoms with Crippen LogP contribution in [0.1, 0.15) is 76.2 Å². The van der Waals surface area contributed by atoms with Gasteiger partial charge in [-0.25, -0.2) is 4.39 Å². The Bertz CT molecular complexity index is 531. The van der Waals surface area contributed by atoms with Gasteiger partial charge in [-0.2, -0.15) is 0 Å². The van der Waals surface area contributed by atoms with Gasteiger partial charge in [-0.15, -0.1) is 0 Å². The van der Waals surface area contributed by atoms with Crippen molar-refractivity contribution < 1.29 is 4.39 Å². The summed E-state index contributed by atoms with van der Waals surface area (Å²) >= 11 is 3.26.